The summed E-state index contributed by atoms with van der Waals surface area (Å²) in [6, 6.07) is 17.8. The number of hydrogen-bond donors (Lipinski definition) is 0. The number of Topliss-reactive ketones (excluding diaryl/α,β-unsaturated/α-hetero) is 1. The van der Waals surface area contributed by atoms with Gasteiger partial charge >= 0.3 is 0 Å². The number of halogens is 1. The first kappa shape index (κ1) is 15.1. The smallest absolute Gasteiger partial charge is 0.186 e. The fourth-order valence-corrected chi connectivity index (χ4v) is 3.15. The van der Waals surface area contributed by atoms with Gasteiger partial charge < -0.3 is 0 Å². The van der Waals surface area contributed by atoms with Crippen LogP contribution in [0.3, 0.4) is 0 Å². The molecular formula is C17H13BrN2OS. The topological polar surface area (TPSA) is 32.7 Å². The monoisotopic (exact) mass is 372 g/mol. The number of rotatable bonds is 3. The molecule has 1 heterocycles. The van der Waals surface area contributed by atoms with E-state index in [1.807, 2.05) is 65.7 Å². The van der Waals surface area contributed by atoms with Gasteiger partial charge in [0, 0.05) is 11.4 Å². The van der Waals surface area contributed by atoms with Crippen molar-refractivity contribution in [3.63, 3.8) is 0 Å². The van der Waals surface area contributed by atoms with Crippen molar-refractivity contribution >= 4 is 50.3 Å². The maximum atomic E-state index is 11.7. The minimum absolute atomic E-state index is 0.0230. The Balaban J connectivity index is 1.99. The molecule has 0 saturated heterocycles. The SMILES string of the molecule is CC(=O)C1=NN(c2ccccc2)/C(=C/c2ccc(Br)cc2)S1. The summed E-state index contributed by atoms with van der Waals surface area (Å²) in [7, 11) is 0. The van der Waals surface area contributed by atoms with E-state index in [0.29, 0.717) is 5.04 Å². The summed E-state index contributed by atoms with van der Waals surface area (Å²) >= 11 is 4.83. The van der Waals surface area contributed by atoms with Crippen molar-refractivity contribution < 1.29 is 4.79 Å². The Labute approximate surface area is 141 Å². The van der Waals surface area contributed by atoms with E-state index in [1.165, 1.54) is 18.7 Å². The first-order chi connectivity index (χ1) is 10.6. The van der Waals surface area contributed by atoms with Crippen LogP contribution in [0.4, 0.5) is 5.69 Å². The van der Waals surface area contributed by atoms with Gasteiger partial charge in [0.25, 0.3) is 0 Å². The van der Waals surface area contributed by atoms with E-state index in [1.54, 1.807) is 0 Å². The zero-order valence-corrected chi connectivity index (χ0v) is 14.3. The number of carbonyl (C=O) groups excluding carboxylic acids is 1. The van der Waals surface area contributed by atoms with Gasteiger partial charge in [0.2, 0.25) is 0 Å². The van der Waals surface area contributed by atoms with Crippen molar-refractivity contribution in [2.45, 2.75) is 6.92 Å². The number of hydrazone groups is 1. The van der Waals surface area contributed by atoms with Crippen LogP contribution in [0.2, 0.25) is 0 Å². The molecule has 0 spiro atoms. The molecule has 2 aromatic rings. The van der Waals surface area contributed by atoms with Gasteiger partial charge in [-0.3, -0.25) is 4.79 Å². The number of ketones is 1. The number of carbonyl (C=O) groups is 1. The molecule has 0 radical (unpaired) electrons. The Hall–Kier alpha value is -1.85. The lowest BCUT2D eigenvalue weighted by atomic mass is 10.2. The molecule has 3 rings (SSSR count). The molecule has 0 saturated carbocycles. The number of anilines is 1. The zero-order chi connectivity index (χ0) is 15.5. The van der Waals surface area contributed by atoms with Crippen LogP contribution in [0.15, 0.2) is 69.2 Å². The molecule has 110 valence electrons. The Bertz CT molecular complexity index is 754. The fraction of sp³-hybridized carbons (Fsp3) is 0.0588. The molecular weight excluding hydrogens is 360 g/mol. The fourth-order valence-electron chi connectivity index (χ4n) is 1.99. The molecule has 5 heteroatoms. The number of benzene rings is 2. The van der Waals surface area contributed by atoms with E-state index in [0.717, 1.165) is 20.8 Å². The highest BCUT2D eigenvalue weighted by molar-refractivity contribution is 9.10. The number of hydrogen-bond acceptors (Lipinski definition) is 4. The summed E-state index contributed by atoms with van der Waals surface area (Å²) in [5, 5.41) is 7.67. The molecule has 0 unspecified atom stereocenters. The molecule has 0 fully saturated rings. The summed E-state index contributed by atoms with van der Waals surface area (Å²) in [4.78, 5) is 11.7. The Morgan fingerprint density at radius 1 is 1.14 bits per heavy atom. The molecule has 0 aromatic heterocycles. The summed E-state index contributed by atoms with van der Waals surface area (Å²) in [6.07, 6.45) is 2.03. The predicted molar refractivity (Wildman–Crippen MR) is 96.7 cm³/mol. The largest absolute Gasteiger partial charge is 0.292 e. The van der Waals surface area contributed by atoms with Gasteiger partial charge in [0.1, 0.15) is 5.03 Å². The van der Waals surface area contributed by atoms with Crippen molar-refractivity contribution in [3.05, 3.63) is 69.7 Å². The number of thioether (sulfide) groups is 1. The van der Waals surface area contributed by atoms with E-state index in [-0.39, 0.29) is 5.78 Å². The molecule has 2 aromatic carbocycles. The highest BCUT2D eigenvalue weighted by Gasteiger charge is 2.25. The van der Waals surface area contributed by atoms with Crippen LogP contribution in [0.5, 0.6) is 0 Å². The molecule has 0 aliphatic carbocycles. The summed E-state index contributed by atoms with van der Waals surface area (Å²) in [6.45, 7) is 1.54. The minimum Gasteiger partial charge on any atom is -0.292 e. The second kappa shape index (κ2) is 6.50. The standard InChI is InChI=1S/C17H13BrN2OS/c1-12(21)17-19-20(15-5-3-2-4-6-15)16(22-17)11-13-7-9-14(18)10-8-13/h2-11H,1H3/b16-11-. The van der Waals surface area contributed by atoms with Crippen molar-refractivity contribution in [2.75, 3.05) is 5.01 Å². The normalized spacial score (nSPS) is 16.0. The summed E-state index contributed by atoms with van der Waals surface area (Å²) in [5.41, 5.74) is 2.00. The molecule has 0 bridgehead atoms. The third-order valence-electron chi connectivity index (χ3n) is 3.06. The molecule has 1 aliphatic heterocycles. The van der Waals surface area contributed by atoms with Crippen molar-refractivity contribution in [1.29, 1.82) is 0 Å². The average Bonchev–Trinajstić information content (AvgIpc) is 2.95. The second-order valence-corrected chi connectivity index (χ2v) is 6.67. The number of nitrogens with zero attached hydrogens (tertiary/aromatic N) is 2. The maximum Gasteiger partial charge on any atom is 0.186 e. The molecule has 3 nitrogen and oxygen atoms in total. The van der Waals surface area contributed by atoms with Crippen molar-refractivity contribution in [3.8, 4) is 0 Å². The van der Waals surface area contributed by atoms with Crippen molar-refractivity contribution in [2.24, 2.45) is 5.10 Å². The molecule has 0 amide bonds. The Morgan fingerprint density at radius 2 is 1.82 bits per heavy atom. The maximum absolute atomic E-state index is 11.7. The summed E-state index contributed by atoms with van der Waals surface area (Å²) < 4.78 is 1.04. The summed E-state index contributed by atoms with van der Waals surface area (Å²) in [5.74, 6) is -0.0230. The van der Waals surface area contributed by atoms with Crippen LogP contribution >= 0.6 is 27.7 Å². The molecule has 0 atom stereocenters. The van der Waals surface area contributed by atoms with Crippen molar-refractivity contribution in [1.82, 2.24) is 0 Å². The lowest BCUT2D eigenvalue weighted by Gasteiger charge is -2.15. The zero-order valence-electron chi connectivity index (χ0n) is 11.9. The van der Waals surface area contributed by atoms with Crippen LogP contribution in [-0.4, -0.2) is 10.8 Å². The van der Waals surface area contributed by atoms with E-state index < -0.39 is 0 Å². The van der Waals surface area contributed by atoms with Crippen LogP contribution in [0, 0.1) is 0 Å². The van der Waals surface area contributed by atoms with Gasteiger partial charge in [0.15, 0.2) is 10.8 Å². The Kier molecular flexibility index (Phi) is 4.45. The van der Waals surface area contributed by atoms with E-state index in [9.17, 15) is 4.79 Å². The minimum atomic E-state index is -0.0230. The lowest BCUT2D eigenvalue weighted by Crippen LogP contribution is -2.09. The lowest BCUT2D eigenvalue weighted by molar-refractivity contribution is -0.110. The first-order valence-corrected chi connectivity index (χ1v) is 8.34. The number of para-hydroxylation sites is 1. The van der Waals surface area contributed by atoms with Gasteiger partial charge in [0.05, 0.1) is 5.69 Å². The molecule has 0 N–H and O–H groups in total. The van der Waals surface area contributed by atoms with Gasteiger partial charge in [-0.1, -0.05) is 46.3 Å². The van der Waals surface area contributed by atoms with E-state index in [2.05, 4.69) is 21.0 Å². The van der Waals surface area contributed by atoms with E-state index in [4.69, 9.17) is 0 Å². The molecule has 22 heavy (non-hydrogen) atoms. The highest BCUT2D eigenvalue weighted by atomic mass is 79.9. The third-order valence-corrected chi connectivity index (χ3v) is 4.65. The van der Waals surface area contributed by atoms with E-state index >= 15 is 0 Å². The van der Waals surface area contributed by atoms with Gasteiger partial charge in [-0.2, -0.15) is 5.10 Å². The van der Waals surface area contributed by atoms with Gasteiger partial charge in [-0.15, -0.1) is 0 Å². The molecule has 1 aliphatic rings. The third kappa shape index (κ3) is 3.31. The van der Waals surface area contributed by atoms with Gasteiger partial charge in [-0.05, 0) is 47.7 Å². The first-order valence-electron chi connectivity index (χ1n) is 6.73. The second-order valence-electron chi connectivity index (χ2n) is 4.74. The van der Waals surface area contributed by atoms with Gasteiger partial charge in [-0.25, -0.2) is 5.01 Å². The highest BCUT2D eigenvalue weighted by Crippen LogP contribution is 2.36. The predicted octanol–water partition coefficient (Wildman–Crippen LogP) is 4.90. The van der Waals surface area contributed by atoms with Crippen LogP contribution in [-0.2, 0) is 4.79 Å². The Morgan fingerprint density at radius 3 is 2.45 bits per heavy atom. The average molecular weight is 373 g/mol. The van der Waals surface area contributed by atoms with Crippen LogP contribution < -0.4 is 5.01 Å². The van der Waals surface area contributed by atoms with Crippen LogP contribution in [0.1, 0.15) is 12.5 Å². The quantitative estimate of drug-likeness (QED) is 0.767. The van der Waals surface area contributed by atoms with Crippen LogP contribution in [0.25, 0.3) is 6.08 Å².